The highest BCUT2D eigenvalue weighted by molar-refractivity contribution is 5.83. The van der Waals surface area contributed by atoms with E-state index in [2.05, 4.69) is 59.8 Å². The molecule has 122 valence electrons. The normalized spacial score (nSPS) is 11.1. The molecular weight excluding hydrogens is 296 g/mol. The first-order valence-corrected chi connectivity index (χ1v) is 8.08. The van der Waals surface area contributed by atoms with Gasteiger partial charge in [-0.3, -0.25) is 10.1 Å². The molecule has 1 aromatic heterocycles. The first kappa shape index (κ1) is 16.0. The zero-order valence-electron chi connectivity index (χ0n) is 14.3. The standard InChI is InChI=1S/C20H22N4/c1-15-9-7-8-12-20(15)22-21-13-19-16(2)23-24(17(19)3)14-18-10-5-4-6-11-18/h4-13,22H,14H2,1-3H3/b21-13+. The van der Waals surface area contributed by atoms with Crippen LogP contribution in [0.15, 0.2) is 59.7 Å². The fourth-order valence-electron chi connectivity index (χ4n) is 2.67. The van der Waals surface area contributed by atoms with Crippen molar-refractivity contribution in [2.75, 3.05) is 5.43 Å². The molecule has 0 amide bonds. The van der Waals surface area contributed by atoms with Gasteiger partial charge in [-0.05, 0) is 38.0 Å². The van der Waals surface area contributed by atoms with Crippen LogP contribution in [0.3, 0.4) is 0 Å². The van der Waals surface area contributed by atoms with Crippen molar-refractivity contribution in [1.29, 1.82) is 0 Å². The lowest BCUT2D eigenvalue weighted by molar-refractivity contribution is 0.659. The molecule has 0 saturated carbocycles. The monoisotopic (exact) mass is 318 g/mol. The number of benzene rings is 2. The molecule has 2 aromatic carbocycles. The molecule has 1 N–H and O–H groups in total. The van der Waals surface area contributed by atoms with Crippen LogP contribution in [-0.4, -0.2) is 16.0 Å². The van der Waals surface area contributed by atoms with Gasteiger partial charge in [0.1, 0.15) is 0 Å². The van der Waals surface area contributed by atoms with Gasteiger partial charge in [0.2, 0.25) is 0 Å². The van der Waals surface area contributed by atoms with E-state index in [1.807, 2.05) is 42.1 Å². The number of aromatic nitrogens is 2. The molecule has 0 bridgehead atoms. The number of hydrazone groups is 1. The predicted molar refractivity (Wildman–Crippen MR) is 99.6 cm³/mol. The molecule has 3 rings (SSSR count). The van der Waals surface area contributed by atoms with Crippen LogP contribution in [0.5, 0.6) is 0 Å². The number of nitrogens with one attached hydrogen (secondary N) is 1. The molecule has 0 fully saturated rings. The highest BCUT2D eigenvalue weighted by Crippen LogP contribution is 2.15. The van der Waals surface area contributed by atoms with Gasteiger partial charge in [0.25, 0.3) is 0 Å². The summed E-state index contributed by atoms with van der Waals surface area (Å²) >= 11 is 0. The van der Waals surface area contributed by atoms with Crippen molar-refractivity contribution in [1.82, 2.24) is 9.78 Å². The molecule has 0 aliphatic heterocycles. The van der Waals surface area contributed by atoms with Crippen molar-refractivity contribution in [3.05, 3.63) is 82.7 Å². The van der Waals surface area contributed by atoms with Crippen LogP contribution in [0.25, 0.3) is 0 Å². The Bertz CT molecular complexity index is 847. The van der Waals surface area contributed by atoms with E-state index in [0.717, 1.165) is 29.2 Å². The number of aryl methyl sites for hydroxylation is 2. The lowest BCUT2D eigenvalue weighted by atomic mass is 10.2. The lowest BCUT2D eigenvalue weighted by Crippen LogP contribution is -2.04. The van der Waals surface area contributed by atoms with Crippen LogP contribution in [-0.2, 0) is 6.54 Å². The van der Waals surface area contributed by atoms with Crippen molar-refractivity contribution in [3.8, 4) is 0 Å². The summed E-state index contributed by atoms with van der Waals surface area (Å²) in [4.78, 5) is 0. The number of para-hydroxylation sites is 1. The van der Waals surface area contributed by atoms with Gasteiger partial charge < -0.3 is 0 Å². The van der Waals surface area contributed by atoms with Gasteiger partial charge >= 0.3 is 0 Å². The maximum atomic E-state index is 4.65. The largest absolute Gasteiger partial charge is 0.278 e. The minimum absolute atomic E-state index is 0.770. The Kier molecular flexibility index (Phi) is 4.75. The summed E-state index contributed by atoms with van der Waals surface area (Å²) in [6.07, 6.45) is 1.85. The molecule has 0 spiro atoms. The van der Waals surface area contributed by atoms with Crippen LogP contribution in [0.2, 0.25) is 0 Å². The van der Waals surface area contributed by atoms with Gasteiger partial charge in [0.15, 0.2) is 0 Å². The van der Waals surface area contributed by atoms with Gasteiger partial charge in [0.05, 0.1) is 24.1 Å². The van der Waals surface area contributed by atoms with E-state index in [4.69, 9.17) is 0 Å². The molecule has 24 heavy (non-hydrogen) atoms. The summed E-state index contributed by atoms with van der Waals surface area (Å²) in [6, 6.07) is 18.5. The topological polar surface area (TPSA) is 42.2 Å². The molecule has 0 saturated heterocycles. The molecule has 4 heteroatoms. The third kappa shape index (κ3) is 3.54. The summed E-state index contributed by atoms with van der Waals surface area (Å²) in [7, 11) is 0. The SMILES string of the molecule is Cc1ccccc1N/N=C/c1c(C)nn(Cc2ccccc2)c1C. The van der Waals surface area contributed by atoms with Crippen molar-refractivity contribution >= 4 is 11.9 Å². The van der Waals surface area contributed by atoms with E-state index in [0.29, 0.717) is 0 Å². The summed E-state index contributed by atoms with van der Waals surface area (Å²) < 4.78 is 2.03. The van der Waals surface area contributed by atoms with E-state index in [1.165, 1.54) is 11.1 Å². The fourth-order valence-corrected chi connectivity index (χ4v) is 2.67. The third-order valence-corrected chi connectivity index (χ3v) is 4.14. The second kappa shape index (κ2) is 7.13. The van der Waals surface area contributed by atoms with Gasteiger partial charge in [-0.1, -0.05) is 48.5 Å². The summed E-state index contributed by atoms with van der Waals surface area (Å²) in [6.45, 7) is 6.93. The maximum absolute atomic E-state index is 4.65. The highest BCUT2D eigenvalue weighted by atomic mass is 15.3. The minimum Gasteiger partial charge on any atom is -0.278 e. The second-order valence-electron chi connectivity index (χ2n) is 5.91. The summed E-state index contributed by atoms with van der Waals surface area (Å²) in [5.41, 5.74) is 9.70. The van der Waals surface area contributed by atoms with Gasteiger partial charge in [-0.15, -0.1) is 0 Å². The van der Waals surface area contributed by atoms with Crippen molar-refractivity contribution in [3.63, 3.8) is 0 Å². The second-order valence-corrected chi connectivity index (χ2v) is 5.91. The zero-order valence-corrected chi connectivity index (χ0v) is 14.3. The minimum atomic E-state index is 0.770. The molecular formula is C20H22N4. The van der Waals surface area contributed by atoms with Crippen LogP contribution >= 0.6 is 0 Å². The average molecular weight is 318 g/mol. The fraction of sp³-hybridized carbons (Fsp3) is 0.200. The average Bonchev–Trinajstić information content (AvgIpc) is 2.85. The van der Waals surface area contributed by atoms with Gasteiger partial charge in [-0.2, -0.15) is 10.2 Å². The molecule has 3 aromatic rings. The van der Waals surface area contributed by atoms with E-state index in [1.54, 1.807) is 0 Å². The third-order valence-electron chi connectivity index (χ3n) is 4.14. The van der Waals surface area contributed by atoms with Gasteiger partial charge in [-0.25, -0.2) is 0 Å². The van der Waals surface area contributed by atoms with Crippen molar-refractivity contribution in [2.24, 2.45) is 5.10 Å². The van der Waals surface area contributed by atoms with E-state index in [9.17, 15) is 0 Å². The predicted octanol–water partition coefficient (Wildman–Crippen LogP) is 4.30. The van der Waals surface area contributed by atoms with Crippen LogP contribution in [0.1, 0.15) is 28.1 Å². The van der Waals surface area contributed by atoms with E-state index in [-0.39, 0.29) is 0 Å². The first-order valence-electron chi connectivity index (χ1n) is 8.08. The number of rotatable bonds is 5. The van der Waals surface area contributed by atoms with Crippen LogP contribution < -0.4 is 5.43 Å². The number of hydrogen-bond acceptors (Lipinski definition) is 3. The van der Waals surface area contributed by atoms with Crippen molar-refractivity contribution < 1.29 is 0 Å². The van der Waals surface area contributed by atoms with E-state index < -0.39 is 0 Å². The van der Waals surface area contributed by atoms with Gasteiger partial charge in [0, 0.05) is 11.3 Å². The number of anilines is 1. The Morgan fingerprint density at radius 3 is 2.46 bits per heavy atom. The Morgan fingerprint density at radius 1 is 1.00 bits per heavy atom. The summed E-state index contributed by atoms with van der Waals surface area (Å²) in [5.74, 6) is 0. The quantitative estimate of drug-likeness (QED) is 0.563. The molecule has 4 nitrogen and oxygen atoms in total. The molecule has 0 aliphatic rings. The van der Waals surface area contributed by atoms with Crippen LogP contribution in [0, 0.1) is 20.8 Å². The Balaban J connectivity index is 1.77. The molecule has 0 aliphatic carbocycles. The smallest absolute Gasteiger partial charge is 0.0685 e. The number of nitrogens with zero attached hydrogens (tertiary/aromatic N) is 3. The highest BCUT2D eigenvalue weighted by Gasteiger charge is 2.10. The Morgan fingerprint density at radius 2 is 1.71 bits per heavy atom. The summed E-state index contributed by atoms with van der Waals surface area (Å²) in [5, 5.41) is 9.03. The van der Waals surface area contributed by atoms with Crippen molar-refractivity contribution in [2.45, 2.75) is 27.3 Å². The zero-order chi connectivity index (χ0) is 16.9. The number of hydrogen-bond donors (Lipinski definition) is 1. The first-order chi connectivity index (χ1) is 11.6. The molecule has 1 heterocycles. The lowest BCUT2D eigenvalue weighted by Gasteiger charge is -2.05. The molecule has 0 atom stereocenters. The van der Waals surface area contributed by atoms with Crippen LogP contribution in [0.4, 0.5) is 5.69 Å². The van der Waals surface area contributed by atoms with E-state index >= 15 is 0 Å². The molecule has 0 radical (unpaired) electrons. The Labute approximate surface area is 142 Å². The maximum Gasteiger partial charge on any atom is 0.0685 e. The molecule has 0 unspecified atom stereocenters. The Hall–Kier alpha value is -2.88.